The second kappa shape index (κ2) is 11.2. The van der Waals surface area contributed by atoms with Crippen molar-refractivity contribution in [1.82, 2.24) is 15.5 Å². The van der Waals surface area contributed by atoms with Crippen LogP contribution in [-0.4, -0.2) is 51.3 Å². The van der Waals surface area contributed by atoms with Gasteiger partial charge in [-0.3, -0.25) is 9.89 Å². The fraction of sp³-hybridized carbons (Fsp3) is 0.435. The van der Waals surface area contributed by atoms with Crippen molar-refractivity contribution in [3.05, 3.63) is 58.4 Å². The molecule has 31 heavy (non-hydrogen) atoms. The smallest absolute Gasteiger partial charge is 0.191 e. The van der Waals surface area contributed by atoms with Gasteiger partial charge >= 0.3 is 0 Å². The van der Waals surface area contributed by atoms with E-state index in [1.165, 1.54) is 7.11 Å². The number of ether oxygens (including phenoxy) is 2. The summed E-state index contributed by atoms with van der Waals surface area (Å²) >= 11 is 6.03. The van der Waals surface area contributed by atoms with Crippen LogP contribution in [0.15, 0.2) is 41.4 Å². The maximum absolute atomic E-state index is 13.9. The molecular formula is C23H30ClFN4O2. The Morgan fingerprint density at radius 3 is 2.52 bits per heavy atom. The van der Waals surface area contributed by atoms with Gasteiger partial charge in [0.2, 0.25) is 0 Å². The highest BCUT2D eigenvalue weighted by Gasteiger charge is 2.20. The van der Waals surface area contributed by atoms with E-state index in [0.29, 0.717) is 17.6 Å². The van der Waals surface area contributed by atoms with Crippen molar-refractivity contribution in [3.63, 3.8) is 0 Å². The predicted octanol–water partition coefficient (Wildman–Crippen LogP) is 3.83. The molecule has 1 saturated heterocycles. The van der Waals surface area contributed by atoms with Crippen molar-refractivity contribution in [2.75, 3.05) is 34.4 Å². The van der Waals surface area contributed by atoms with Crippen LogP contribution in [0, 0.1) is 5.82 Å². The Balaban J connectivity index is 1.46. The van der Waals surface area contributed by atoms with Crippen LogP contribution in [0.3, 0.4) is 0 Å². The fourth-order valence-electron chi connectivity index (χ4n) is 3.73. The average molecular weight is 449 g/mol. The number of guanidine groups is 1. The van der Waals surface area contributed by atoms with Crippen molar-refractivity contribution in [2.45, 2.75) is 32.0 Å². The second-order valence-corrected chi connectivity index (χ2v) is 7.98. The Bertz CT molecular complexity index is 901. The van der Waals surface area contributed by atoms with Crippen molar-refractivity contribution in [1.29, 1.82) is 0 Å². The highest BCUT2D eigenvalue weighted by atomic mass is 35.5. The largest absolute Gasteiger partial charge is 0.496 e. The van der Waals surface area contributed by atoms with Gasteiger partial charge in [0.05, 0.1) is 14.2 Å². The van der Waals surface area contributed by atoms with Crippen molar-refractivity contribution in [3.8, 4) is 11.5 Å². The summed E-state index contributed by atoms with van der Waals surface area (Å²) in [5.74, 6) is 1.47. The maximum Gasteiger partial charge on any atom is 0.191 e. The van der Waals surface area contributed by atoms with Gasteiger partial charge in [0, 0.05) is 49.9 Å². The van der Waals surface area contributed by atoms with E-state index in [0.717, 1.165) is 55.3 Å². The van der Waals surface area contributed by atoms with Crippen LogP contribution < -0.4 is 20.1 Å². The van der Waals surface area contributed by atoms with Crippen molar-refractivity contribution in [2.24, 2.45) is 4.99 Å². The first-order chi connectivity index (χ1) is 15.0. The summed E-state index contributed by atoms with van der Waals surface area (Å²) in [6.07, 6.45) is 1.98. The molecule has 2 aromatic carbocycles. The third kappa shape index (κ3) is 6.48. The fourth-order valence-corrected chi connectivity index (χ4v) is 3.90. The molecule has 0 aliphatic carbocycles. The highest BCUT2D eigenvalue weighted by molar-refractivity contribution is 6.30. The Labute approximate surface area is 188 Å². The molecule has 2 aromatic rings. The van der Waals surface area contributed by atoms with Gasteiger partial charge in [-0.2, -0.15) is 0 Å². The van der Waals surface area contributed by atoms with Crippen molar-refractivity contribution < 1.29 is 13.9 Å². The SMILES string of the molecule is CN=C(NCc1ccc(Cl)cc1OC)NC1CCN(Cc2ccc(OC)c(F)c2)CC1. The van der Waals surface area contributed by atoms with E-state index in [1.807, 2.05) is 18.2 Å². The Kier molecular flexibility index (Phi) is 8.37. The number of piperidine rings is 1. The molecule has 0 unspecified atom stereocenters. The first-order valence-corrected chi connectivity index (χ1v) is 10.7. The van der Waals surface area contributed by atoms with Crippen LogP contribution in [0.2, 0.25) is 5.02 Å². The number of nitrogens with one attached hydrogen (secondary N) is 2. The summed E-state index contributed by atoms with van der Waals surface area (Å²) in [5.41, 5.74) is 1.97. The van der Waals surface area contributed by atoms with E-state index in [-0.39, 0.29) is 11.6 Å². The standard InChI is InChI=1S/C23H30ClFN4O2/c1-26-23(27-14-17-5-6-18(24)13-22(17)31-3)28-19-8-10-29(11-9-19)15-16-4-7-21(30-2)20(25)12-16/h4-7,12-13,19H,8-11,14-15H2,1-3H3,(H2,26,27,28). The molecule has 1 aliphatic heterocycles. The molecule has 0 radical (unpaired) electrons. The predicted molar refractivity (Wildman–Crippen MR) is 123 cm³/mol. The summed E-state index contributed by atoms with van der Waals surface area (Å²) in [4.78, 5) is 6.68. The lowest BCUT2D eigenvalue weighted by Crippen LogP contribution is -2.48. The minimum atomic E-state index is -0.316. The quantitative estimate of drug-likeness (QED) is 0.498. The third-order valence-electron chi connectivity index (χ3n) is 5.47. The molecular weight excluding hydrogens is 419 g/mol. The van der Waals surface area contributed by atoms with Gasteiger partial charge < -0.3 is 20.1 Å². The molecule has 0 atom stereocenters. The first-order valence-electron chi connectivity index (χ1n) is 10.4. The van der Waals surface area contributed by atoms with E-state index < -0.39 is 0 Å². The molecule has 0 saturated carbocycles. The van der Waals surface area contributed by atoms with Gasteiger partial charge in [-0.05, 0) is 42.7 Å². The van der Waals surface area contributed by atoms with Gasteiger partial charge in [-0.15, -0.1) is 0 Å². The number of benzene rings is 2. The van der Waals surface area contributed by atoms with Crippen LogP contribution in [-0.2, 0) is 13.1 Å². The molecule has 0 amide bonds. The summed E-state index contributed by atoms with van der Waals surface area (Å²) in [6.45, 7) is 3.19. The number of aliphatic imine (C=N–C) groups is 1. The second-order valence-electron chi connectivity index (χ2n) is 7.55. The molecule has 1 fully saturated rings. The Morgan fingerprint density at radius 2 is 1.87 bits per heavy atom. The Hall–Kier alpha value is -2.51. The van der Waals surface area contributed by atoms with E-state index >= 15 is 0 Å². The molecule has 0 spiro atoms. The number of methoxy groups -OCH3 is 2. The molecule has 3 rings (SSSR count). The zero-order chi connectivity index (χ0) is 22.2. The van der Waals surface area contributed by atoms with E-state index in [4.69, 9.17) is 21.1 Å². The zero-order valence-corrected chi connectivity index (χ0v) is 19.0. The van der Waals surface area contributed by atoms with Crippen LogP contribution in [0.25, 0.3) is 0 Å². The number of hydrogen-bond donors (Lipinski definition) is 2. The van der Waals surface area contributed by atoms with Crippen molar-refractivity contribution >= 4 is 17.6 Å². The summed E-state index contributed by atoms with van der Waals surface area (Å²) in [7, 11) is 4.88. The summed E-state index contributed by atoms with van der Waals surface area (Å²) < 4.78 is 24.3. The van der Waals surface area contributed by atoms with Gasteiger partial charge in [0.1, 0.15) is 5.75 Å². The molecule has 168 valence electrons. The average Bonchev–Trinajstić information content (AvgIpc) is 2.78. The highest BCUT2D eigenvalue weighted by Crippen LogP contribution is 2.23. The van der Waals surface area contributed by atoms with Crippen LogP contribution in [0.5, 0.6) is 11.5 Å². The molecule has 1 heterocycles. The molecule has 6 nitrogen and oxygen atoms in total. The molecule has 8 heteroatoms. The zero-order valence-electron chi connectivity index (χ0n) is 18.3. The topological polar surface area (TPSA) is 58.1 Å². The van der Waals surface area contributed by atoms with Gasteiger partial charge in [0.25, 0.3) is 0 Å². The molecule has 0 aromatic heterocycles. The van der Waals surface area contributed by atoms with Crippen LogP contribution in [0.4, 0.5) is 4.39 Å². The lowest BCUT2D eigenvalue weighted by molar-refractivity contribution is 0.198. The number of nitrogens with zero attached hydrogens (tertiary/aromatic N) is 2. The number of rotatable bonds is 7. The Morgan fingerprint density at radius 1 is 1.13 bits per heavy atom. The van der Waals surface area contributed by atoms with E-state index in [1.54, 1.807) is 32.4 Å². The van der Waals surface area contributed by atoms with E-state index in [2.05, 4.69) is 20.5 Å². The number of halogens is 2. The van der Waals surface area contributed by atoms with Gasteiger partial charge in [0.15, 0.2) is 17.5 Å². The van der Waals surface area contributed by atoms with Gasteiger partial charge in [-0.1, -0.05) is 23.7 Å². The minimum Gasteiger partial charge on any atom is -0.496 e. The number of likely N-dealkylation sites (tertiary alicyclic amines) is 1. The molecule has 2 N–H and O–H groups in total. The monoisotopic (exact) mass is 448 g/mol. The molecule has 0 bridgehead atoms. The summed E-state index contributed by atoms with van der Waals surface area (Å²) in [5, 5.41) is 7.49. The number of hydrogen-bond acceptors (Lipinski definition) is 4. The summed E-state index contributed by atoms with van der Waals surface area (Å²) in [6, 6.07) is 11.1. The lowest BCUT2D eigenvalue weighted by Gasteiger charge is -2.33. The van der Waals surface area contributed by atoms with E-state index in [9.17, 15) is 4.39 Å². The molecule has 1 aliphatic rings. The first kappa shape index (κ1) is 23.2. The lowest BCUT2D eigenvalue weighted by atomic mass is 10.0. The van der Waals surface area contributed by atoms with Crippen LogP contribution in [0.1, 0.15) is 24.0 Å². The minimum absolute atomic E-state index is 0.279. The van der Waals surface area contributed by atoms with Gasteiger partial charge in [-0.25, -0.2) is 4.39 Å². The third-order valence-corrected chi connectivity index (χ3v) is 5.70. The maximum atomic E-state index is 13.9. The normalized spacial score (nSPS) is 15.6. The van der Waals surface area contributed by atoms with Crippen LogP contribution >= 0.6 is 11.6 Å².